The summed E-state index contributed by atoms with van der Waals surface area (Å²) in [7, 11) is 0. The van der Waals surface area contributed by atoms with Crippen LogP contribution in [0, 0.1) is 6.92 Å². The minimum Gasteiger partial charge on any atom is -0.0900 e. The fourth-order valence-electron chi connectivity index (χ4n) is 3.30. The van der Waals surface area contributed by atoms with Crippen molar-refractivity contribution in [1.29, 1.82) is 0 Å². The fraction of sp³-hybridized carbons (Fsp3) is 0.158. The van der Waals surface area contributed by atoms with E-state index in [0.717, 1.165) is 14.2 Å². The first kappa shape index (κ1) is 13.5. The molecule has 2 heteroatoms. The molecule has 0 unspecified atom stereocenters. The molecule has 3 aromatic rings. The molecule has 0 saturated heterocycles. The molecule has 0 radical (unpaired) electrons. The van der Waals surface area contributed by atoms with Gasteiger partial charge in [0.05, 0.1) is 0 Å². The van der Waals surface area contributed by atoms with Crippen LogP contribution in [-0.4, -0.2) is 0 Å². The van der Waals surface area contributed by atoms with E-state index in [1.807, 2.05) is 0 Å². The van der Waals surface area contributed by atoms with Crippen LogP contribution in [0.1, 0.15) is 18.4 Å². The third kappa shape index (κ3) is 1.92. The predicted molar refractivity (Wildman–Crippen MR) is 99.0 cm³/mol. The molecule has 21 heavy (non-hydrogen) atoms. The first-order chi connectivity index (χ1) is 10.1. The quantitative estimate of drug-likeness (QED) is 0.455. The number of benzene rings is 3. The Morgan fingerprint density at radius 3 is 2.29 bits per heavy atom. The highest BCUT2D eigenvalue weighted by molar-refractivity contribution is 9.11. The van der Waals surface area contributed by atoms with E-state index in [1.165, 1.54) is 45.2 Å². The normalized spacial score (nSPS) is 14.1. The second-order valence-corrected chi connectivity index (χ2v) is 7.43. The van der Waals surface area contributed by atoms with Gasteiger partial charge >= 0.3 is 0 Å². The third-order valence-electron chi connectivity index (χ3n) is 4.41. The second-order valence-electron chi connectivity index (χ2n) is 5.72. The molecule has 0 bridgehead atoms. The molecular weight excluding hydrogens is 388 g/mol. The van der Waals surface area contributed by atoms with Gasteiger partial charge in [-0.2, -0.15) is 0 Å². The van der Waals surface area contributed by atoms with Gasteiger partial charge in [-0.05, 0) is 58.0 Å². The van der Waals surface area contributed by atoms with Crippen LogP contribution >= 0.6 is 31.9 Å². The van der Waals surface area contributed by atoms with Gasteiger partial charge in [-0.15, -0.1) is 0 Å². The zero-order valence-electron chi connectivity index (χ0n) is 11.8. The van der Waals surface area contributed by atoms with E-state index in [1.54, 1.807) is 5.57 Å². The zero-order valence-corrected chi connectivity index (χ0v) is 14.9. The Labute approximate surface area is 140 Å². The summed E-state index contributed by atoms with van der Waals surface area (Å²) in [4.78, 5) is 0. The first-order valence-corrected chi connectivity index (χ1v) is 8.68. The Morgan fingerprint density at radius 1 is 0.952 bits per heavy atom. The topological polar surface area (TPSA) is 0 Å². The number of hydrogen-bond acceptors (Lipinski definition) is 0. The summed E-state index contributed by atoms with van der Waals surface area (Å²) in [6.07, 6.45) is 2.44. The van der Waals surface area contributed by atoms with Crippen molar-refractivity contribution in [3.63, 3.8) is 0 Å². The van der Waals surface area contributed by atoms with Gasteiger partial charge in [0, 0.05) is 14.3 Å². The van der Waals surface area contributed by atoms with Crippen LogP contribution in [0.4, 0.5) is 0 Å². The molecule has 0 aliphatic heterocycles. The van der Waals surface area contributed by atoms with Gasteiger partial charge in [0.1, 0.15) is 0 Å². The molecular formula is C19H14Br2. The van der Waals surface area contributed by atoms with Crippen LogP contribution in [0.25, 0.3) is 33.7 Å². The second kappa shape index (κ2) is 4.69. The van der Waals surface area contributed by atoms with Crippen LogP contribution in [-0.2, 0) is 0 Å². The minimum atomic E-state index is 1.06. The van der Waals surface area contributed by atoms with Crippen molar-refractivity contribution in [1.82, 2.24) is 0 Å². The monoisotopic (exact) mass is 400 g/mol. The molecule has 0 spiro atoms. The molecule has 1 aliphatic carbocycles. The number of rotatable bonds is 0. The van der Waals surface area contributed by atoms with Crippen molar-refractivity contribution >= 4 is 65.6 Å². The molecule has 0 aromatic heterocycles. The lowest BCUT2D eigenvalue weighted by Crippen LogP contribution is -2.14. The van der Waals surface area contributed by atoms with Crippen LogP contribution in [0.2, 0.25) is 0 Å². The molecule has 104 valence electrons. The molecule has 1 saturated carbocycles. The Balaban J connectivity index is 2.49. The van der Waals surface area contributed by atoms with Crippen molar-refractivity contribution < 1.29 is 0 Å². The summed E-state index contributed by atoms with van der Waals surface area (Å²) in [6, 6.07) is 10.9. The summed E-state index contributed by atoms with van der Waals surface area (Å²) >= 11 is 7.42. The van der Waals surface area contributed by atoms with Gasteiger partial charge in [0.2, 0.25) is 0 Å². The van der Waals surface area contributed by atoms with Crippen LogP contribution < -0.4 is 10.4 Å². The van der Waals surface area contributed by atoms with Gasteiger partial charge in [-0.25, -0.2) is 0 Å². The Bertz CT molecular complexity index is 1020. The van der Waals surface area contributed by atoms with Gasteiger partial charge in [0.25, 0.3) is 0 Å². The van der Waals surface area contributed by atoms with Crippen molar-refractivity contribution in [2.45, 2.75) is 19.8 Å². The predicted octanol–water partition coefficient (Wildman–Crippen LogP) is 5.18. The summed E-state index contributed by atoms with van der Waals surface area (Å²) < 4.78 is 2.21. The fourth-order valence-corrected chi connectivity index (χ4v) is 4.66. The number of aryl methyl sites for hydroxylation is 1. The smallest absolute Gasteiger partial charge is 0.0271 e. The molecule has 3 aromatic carbocycles. The molecule has 4 rings (SSSR count). The minimum absolute atomic E-state index is 1.06. The van der Waals surface area contributed by atoms with Gasteiger partial charge in [-0.1, -0.05) is 68.3 Å². The molecule has 0 N–H and O–H groups in total. The molecule has 1 fully saturated rings. The maximum atomic E-state index is 4.30. The maximum Gasteiger partial charge on any atom is 0.0271 e. The van der Waals surface area contributed by atoms with Crippen molar-refractivity contribution in [3.8, 4) is 0 Å². The lowest BCUT2D eigenvalue weighted by Gasteiger charge is -2.13. The highest BCUT2D eigenvalue weighted by Crippen LogP contribution is 2.34. The summed E-state index contributed by atoms with van der Waals surface area (Å²) in [5.41, 5.74) is 2.89. The molecule has 1 aliphatic rings. The molecule has 0 nitrogen and oxygen atoms in total. The molecule has 0 amide bonds. The summed E-state index contributed by atoms with van der Waals surface area (Å²) in [5, 5.41) is 7.83. The van der Waals surface area contributed by atoms with E-state index in [4.69, 9.17) is 0 Å². The van der Waals surface area contributed by atoms with Gasteiger partial charge in [0.15, 0.2) is 0 Å². The average molecular weight is 402 g/mol. The Hall–Kier alpha value is -1.12. The van der Waals surface area contributed by atoms with Crippen LogP contribution in [0.5, 0.6) is 0 Å². The van der Waals surface area contributed by atoms with Crippen molar-refractivity contribution in [2.24, 2.45) is 0 Å². The average Bonchev–Trinajstić information content (AvgIpc) is 3.29. The molecule has 0 atom stereocenters. The number of fused-ring (bicyclic) bond motifs is 2. The van der Waals surface area contributed by atoms with Crippen molar-refractivity contribution in [3.05, 3.63) is 55.3 Å². The third-order valence-corrected chi connectivity index (χ3v) is 5.74. The maximum absolute atomic E-state index is 4.30. The lowest BCUT2D eigenvalue weighted by atomic mass is 9.94. The van der Waals surface area contributed by atoms with Crippen LogP contribution in [0.15, 0.2) is 39.3 Å². The highest BCUT2D eigenvalue weighted by atomic mass is 79.9. The van der Waals surface area contributed by atoms with Gasteiger partial charge < -0.3 is 0 Å². The number of halogens is 2. The van der Waals surface area contributed by atoms with Crippen LogP contribution in [0.3, 0.4) is 0 Å². The molecule has 0 heterocycles. The van der Waals surface area contributed by atoms with E-state index in [0.29, 0.717) is 0 Å². The van der Waals surface area contributed by atoms with Crippen molar-refractivity contribution in [2.75, 3.05) is 0 Å². The van der Waals surface area contributed by atoms with E-state index < -0.39 is 0 Å². The largest absolute Gasteiger partial charge is 0.0900 e. The van der Waals surface area contributed by atoms with Gasteiger partial charge in [-0.3, -0.25) is 0 Å². The Morgan fingerprint density at radius 2 is 1.62 bits per heavy atom. The summed E-state index contributed by atoms with van der Waals surface area (Å²) in [5.74, 6) is 0. The Kier molecular flexibility index (Phi) is 3.02. The van der Waals surface area contributed by atoms with E-state index in [-0.39, 0.29) is 0 Å². The standard InChI is InChI=1S/C19H14Br2/c1-10-13-5-3-4-6-14(13)18(12-7-8-12)19-16(21)9-15(20)11(2)17(10)19/h3-6,9H,2,7-8H2,1H3. The lowest BCUT2D eigenvalue weighted by molar-refractivity contribution is 1.50. The SMILES string of the molecule is C=c1c(Br)cc(Br)c2c(=C3CC3)c3ccccc3c(C)c12. The highest BCUT2D eigenvalue weighted by Gasteiger charge is 2.19. The first-order valence-electron chi connectivity index (χ1n) is 7.09. The summed E-state index contributed by atoms with van der Waals surface area (Å²) in [6.45, 7) is 6.51. The van der Waals surface area contributed by atoms with E-state index >= 15 is 0 Å². The zero-order chi connectivity index (χ0) is 14.7. The van der Waals surface area contributed by atoms with E-state index in [9.17, 15) is 0 Å². The number of hydrogen-bond donors (Lipinski definition) is 0. The van der Waals surface area contributed by atoms with E-state index in [2.05, 4.69) is 75.7 Å².